The lowest BCUT2D eigenvalue weighted by atomic mass is 9.97. The molecule has 0 unspecified atom stereocenters. The Morgan fingerprint density at radius 3 is 2.30 bits per heavy atom. The molecule has 1 aliphatic heterocycles. The Bertz CT molecular complexity index is 1240. The molecule has 0 bridgehead atoms. The van der Waals surface area contributed by atoms with Crippen molar-refractivity contribution in [3.63, 3.8) is 0 Å². The number of nitrogens with zero attached hydrogens (tertiary/aromatic N) is 1. The van der Waals surface area contributed by atoms with Crippen LogP contribution in [0.1, 0.15) is 41.1 Å². The van der Waals surface area contributed by atoms with Gasteiger partial charge in [0.2, 0.25) is 5.91 Å². The van der Waals surface area contributed by atoms with Gasteiger partial charge in [-0.05, 0) is 48.7 Å². The molecule has 3 amide bonds. The number of alkyl halides is 3. The fraction of sp³-hybridized carbons (Fsp3) is 0.241. The quantitative estimate of drug-likeness (QED) is 0.381. The minimum atomic E-state index is -4.45. The van der Waals surface area contributed by atoms with Crippen molar-refractivity contribution in [1.82, 2.24) is 10.2 Å². The number of benzene rings is 3. The Labute approximate surface area is 214 Å². The molecule has 2 N–H and O–H groups in total. The lowest BCUT2D eigenvalue weighted by molar-refractivity contribution is -0.137. The van der Waals surface area contributed by atoms with Crippen molar-refractivity contribution < 1.29 is 22.8 Å². The second kappa shape index (κ2) is 11.3. The average Bonchev–Trinajstić information content (AvgIpc) is 2.85. The fourth-order valence-electron chi connectivity index (χ4n) is 4.27. The molecule has 0 aromatic heterocycles. The lowest BCUT2D eigenvalue weighted by Gasteiger charge is -2.33. The highest BCUT2D eigenvalue weighted by Crippen LogP contribution is 2.30. The smallest absolute Gasteiger partial charge is 0.334 e. The highest BCUT2D eigenvalue weighted by molar-refractivity contribution is 5.90. The van der Waals surface area contributed by atoms with Crippen LogP contribution in [-0.2, 0) is 17.5 Å². The molecule has 192 valence electrons. The van der Waals surface area contributed by atoms with E-state index < -0.39 is 23.8 Å². The topological polar surface area (TPSA) is 61.4 Å². The summed E-state index contributed by atoms with van der Waals surface area (Å²) in [6.07, 6.45) is 0.00716. The molecule has 37 heavy (non-hydrogen) atoms. The van der Waals surface area contributed by atoms with Crippen LogP contribution < -0.4 is 10.6 Å². The third-order valence-electron chi connectivity index (χ3n) is 6.24. The minimum absolute atomic E-state index is 0.0833. The van der Waals surface area contributed by atoms with E-state index in [1.165, 1.54) is 12.1 Å². The van der Waals surface area contributed by atoms with E-state index >= 15 is 0 Å². The Morgan fingerprint density at radius 1 is 0.973 bits per heavy atom. The van der Waals surface area contributed by atoms with Gasteiger partial charge in [0, 0.05) is 24.7 Å². The largest absolute Gasteiger partial charge is 0.416 e. The van der Waals surface area contributed by atoms with Gasteiger partial charge in [0.1, 0.15) is 0 Å². The Balaban J connectivity index is 1.49. The number of anilines is 1. The van der Waals surface area contributed by atoms with Crippen LogP contribution in [0.2, 0.25) is 0 Å². The van der Waals surface area contributed by atoms with Gasteiger partial charge < -0.3 is 15.5 Å². The number of carbonyl (C=O) groups is 2. The Morgan fingerprint density at radius 2 is 1.65 bits per heavy atom. The van der Waals surface area contributed by atoms with Gasteiger partial charge in [0.05, 0.1) is 11.6 Å². The second-order valence-corrected chi connectivity index (χ2v) is 9.10. The Kier molecular flexibility index (Phi) is 7.96. The molecule has 0 spiro atoms. The normalized spacial score (nSPS) is 19.0. The minimum Gasteiger partial charge on any atom is -0.334 e. The fourth-order valence-corrected chi connectivity index (χ4v) is 4.27. The van der Waals surface area contributed by atoms with Crippen LogP contribution in [0.3, 0.4) is 0 Å². The van der Waals surface area contributed by atoms with Crippen molar-refractivity contribution in [1.29, 1.82) is 0 Å². The van der Waals surface area contributed by atoms with Gasteiger partial charge in [0.25, 0.3) is 0 Å². The van der Waals surface area contributed by atoms with Crippen molar-refractivity contribution >= 4 is 17.6 Å². The zero-order valence-corrected chi connectivity index (χ0v) is 20.3. The summed E-state index contributed by atoms with van der Waals surface area (Å²) in [6.45, 7) is 2.42. The molecule has 0 radical (unpaired) electrons. The number of nitrogens with one attached hydrogen (secondary N) is 2. The van der Waals surface area contributed by atoms with Gasteiger partial charge in [-0.2, -0.15) is 13.2 Å². The standard InChI is InChI=1S/C29H28F3N3O2/c1-20-10-12-22(13-11-20)26-9-5-8-25(18-27(36)35(26)19-21-6-3-2-4-7-21)34-28(37)33-24-16-14-23(15-17-24)29(30,31)32/h2-7,9-17,25-26H,8,18-19H2,1H3,(H2,33,34,37)/b9-5-/t25-,26+/m0/s1. The van der Waals surface area contributed by atoms with Crippen LogP contribution >= 0.6 is 0 Å². The summed E-state index contributed by atoms with van der Waals surface area (Å²) in [5.41, 5.74) is 2.55. The first kappa shape index (κ1) is 26.0. The molecular weight excluding hydrogens is 479 g/mol. The third kappa shape index (κ3) is 7.00. The maximum atomic E-state index is 13.5. The second-order valence-electron chi connectivity index (χ2n) is 9.10. The number of hydrogen-bond donors (Lipinski definition) is 2. The van der Waals surface area contributed by atoms with Crippen molar-refractivity contribution in [2.24, 2.45) is 0 Å². The van der Waals surface area contributed by atoms with Crippen LogP contribution in [0.15, 0.2) is 91.0 Å². The van der Waals surface area contributed by atoms with Crippen LogP contribution in [0, 0.1) is 6.92 Å². The maximum Gasteiger partial charge on any atom is 0.416 e. The molecular formula is C29H28F3N3O2. The summed E-state index contributed by atoms with van der Waals surface area (Å²) in [5.74, 6) is -0.112. The van der Waals surface area contributed by atoms with E-state index in [1.807, 2.05) is 73.7 Å². The molecule has 1 aliphatic rings. The molecule has 2 atom stereocenters. The SMILES string of the molecule is Cc1ccc([C@H]2/C=C\C[C@H](NC(=O)Nc3ccc(C(F)(F)F)cc3)CC(=O)N2Cc2ccccc2)cc1. The molecule has 3 aromatic rings. The van der Waals surface area contributed by atoms with E-state index in [0.717, 1.165) is 28.8 Å². The third-order valence-corrected chi connectivity index (χ3v) is 6.24. The van der Waals surface area contributed by atoms with E-state index in [4.69, 9.17) is 0 Å². The monoisotopic (exact) mass is 507 g/mol. The van der Waals surface area contributed by atoms with Crippen LogP contribution in [0.4, 0.5) is 23.7 Å². The molecule has 4 rings (SSSR count). The summed E-state index contributed by atoms with van der Waals surface area (Å²) in [4.78, 5) is 27.9. The van der Waals surface area contributed by atoms with E-state index in [0.29, 0.717) is 13.0 Å². The number of amides is 3. The molecule has 0 saturated heterocycles. The number of urea groups is 1. The number of aryl methyl sites for hydroxylation is 1. The molecule has 3 aromatic carbocycles. The maximum absolute atomic E-state index is 13.5. The zero-order valence-electron chi connectivity index (χ0n) is 20.3. The predicted molar refractivity (Wildman–Crippen MR) is 137 cm³/mol. The molecule has 8 heteroatoms. The highest BCUT2D eigenvalue weighted by Gasteiger charge is 2.30. The summed E-state index contributed by atoms with van der Waals surface area (Å²) in [7, 11) is 0. The summed E-state index contributed by atoms with van der Waals surface area (Å²) in [6, 6.07) is 20.7. The van der Waals surface area contributed by atoms with E-state index in [9.17, 15) is 22.8 Å². The highest BCUT2D eigenvalue weighted by atomic mass is 19.4. The first-order valence-corrected chi connectivity index (χ1v) is 12.0. The van der Waals surface area contributed by atoms with Gasteiger partial charge >= 0.3 is 12.2 Å². The van der Waals surface area contributed by atoms with Gasteiger partial charge in [-0.25, -0.2) is 4.79 Å². The first-order chi connectivity index (χ1) is 17.7. The van der Waals surface area contributed by atoms with Gasteiger partial charge in [-0.15, -0.1) is 0 Å². The number of hydrogen-bond acceptors (Lipinski definition) is 2. The van der Waals surface area contributed by atoms with E-state index in [2.05, 4.69) is 10.6 Å². The molecule has 5 nitrogen and oxygen atoms in total. The van der Waals surface area contributed by atoms with E-state index in [1.54, 1.807) is 4.90 Å². The van der Waals surface area contributed by atoms with Crippen molar-refractivity contribution in [2.45, 2.75) is 44.6 Å². The Hall–Kier alpha value is -4.07. The summed E-state index contributed by atoms with van der Waals surface area (Å²) in [5, 5.41) is 5.33. The van der Waals surface area contributed by atoms with Crippen LogP contribution in [0.25, 0.3) is 0 Å². The molecule has 0 saturated carbocycles. The van der Waals surface area contributed by atoms with Gasteiger partial charge in [-0.1, -0.05) is 72.3 Å². The number of carbonyl (C=O) groups excluding carboxylic acids is 2. The molecule has 0 aliphatic carbocycles. The van der Waals surface area contributed by atoms with Crippen molar-refractivity contribution in [3.8, 4) is 0 Å². The first-order valence-electron chi connectivity index (χ1n) is 12.0. The van der Waals surface area contributed by atoms with Gasteiger partial charge in [0.15, 0.2) is 0 Å². The van der Waals surface area contributed by atoms with Gasteiger partial charge in [-0.3, -0.25) is 4.79 Å². The number of halogens is 3. The average molecular weight is 508 g/mol. The zero-order chi connectivity index (χ0) is 26.4. The van der Waals surface area contributed by atoms with Crippen LogP contribution in [-0.4, -0.2) is 22.9 Å². The summed E-state index contributed by atoms with van der Waals surface area (Å²) < 4.78 is 38.3. The summed E-state index contributed by atoms with van der Waals surface area (Å²) >= 11 is 0. The molecule has 1 heterocycles. The van der Waals surface area contributed by atoms with E-state index in [-0.39, 0.29) is 24.1 Å². The van der Waals surface area contributed by atoms with Crippen molar-refractivity contribution in [2.75, 3.05) is 5.32 Å². The molecule has 0 fully saturated rings. The lowest BCUT2D eigenvalue weighted by Crippen LogP contribution is -2.43. The number of rotatable bonds is 5. The van der Waals surface area contributed by atoms with Crippen molar-refractivity contribution in [3.05, 3.63) is 113 Å². The van der Waals surface area contributed by atoms with Crippen LogP contribution in [0.5, 0.6) is 0 Å². The predicted octanol–water partition coefficient (Wildman–Crippen LogP) is 6.62.